The number of alkyl halides is 3. The van der Waals surface area contributed by atoms with Gasteiger partial charge in [0.05, 0.1) is 38.8 Å². The maximum Gasteiger partial charge on any atom is 0.416 e. The number of thioether (sulfide) groups is 1. The number of hydrogen-bond donors (Lipinski definition) is 2. The maximum absolute atomic E-state index is 13.5. The van der Waals surface area contributed by atoms with Crippen LogP contribution in [0.15, 0.2) is 71.9 Å². The number of nitrogens with zero attached hydrogens (tertiary/aromatic N) is 4. The van der Waals surface area contributed by atoms with E-state index in [0.717, 1.165) is 34.1 Å². The Bertz CT molecular complexity index is 1760. The number of anilines is 1. The first-order valence-electron chi connectivity index (χ1n) is 12.3. The van der Waals surface area contributed by atoms with Gasteiger partial charge in [-0.25, -0.2) is 4.98 Å². The highest BCUT2D eigenvalue weighted by molar-refractivity contribution is 7.99. The highest BCUT2D eigenvalue weighted by Crippen LogP contribution is 2.32. The van der Waals surface area contributed by atoms with Gasteiger partial charge in [-0.3, -0.25) is 14.2 Å². The monoisotopic (exact) mass is 666 g/mol. The Morgan fingerprint density at radius 3 is 2.58 bits per heavy atom. The fraction of sp³-hybridized carbons (Fsp3) is 0.148. The van der Waals surface area contributed by atoms with Crippen LogP contribution in [0.5, 0.6) is 5.75 Å². The van der Waals surface area contributed by atoms with E-state index in [1.54, 1.807) is 6.07 Å². The van der Waals surface area contributed by atoms with Gasteiger partial charge in [0.25, 0.3) is 5.91 Å². The molecular weight excluding hydrogens is 648 g/mol. The molecule has 5 rings (SSSR count). The molecule has 0 unspecified atom stereocenters. The van der Waals surface area contributed by atoms with Gasteiger partial charge in [-0.2, -0.15) is 13.2 Å². The average Bonchev–Trinajstić information content (AvgIpc) is 3.57. The number of nitrogens with one attached hydrogen (secondary N) is 2. The molecule has 0 aliphatic rings. The Labute approximate surface area is 260 Å². The lowest BCUT2D eigenvalue weighted by molar-refractivity contribution is -0.137. The quantitative estimate of drug-likeness (QED) is 0.161. The number of amides is 2. The molecule has 16 heteroatoms. The van der Waals surface area contributed by atoms with Gasteiger partial charge in [0.1, 0.15) is 5.75 Å². The number of para-hydroxylation sites is 1. The van der Waals surface area contributed by atoms with Crippen LogP contribution in [0.1, 0.15) is 11.4 Å². The van der Waals surface area contributed by atoms with E-state index in [9.17, 15) is 22.8 Å². The number of halogens is 5. The minimum Gasteiger partial charge on any atom is -0.482 e. The molecular formula is C27H19Cl2F3N6O3S2. The Balaban J connectivity index is 1.30. The van der Waals surface area contributed by atoms with Crippen molar-refractivity contribution in [1.82, 2.24) is 25.1 Å². The number of rotatable bonds is 10. The molecule has 2 heterocycles. The van der Waals surface area contributed by atoms with Gasteiger partial charge < -0.3 is 15.4 Å². The number of hydrogen-bond acceptors (Lipinski definition) is 8. The number of carbonyl (C=O) groups excluding carboxylic acids is 2. The third kappa shape index (κ3) is 7.76. The van der Waals surface area contributed by atoms with Gasteiger partial charge in [0.15, 0.2) is 22.7 Å². The van der Waals surface area contributed by atoms with Crippen LogP contribution in [-0.4, -0.2) is 43.9 Å². The second-order valence-electron chi connectivity index (χ2n) is 8.75. The van der Waals surface area contributed by atoms with E-state index in [1.165, 1.54) is 40.2 Å². The zero-order valence-electron chi connectivity index (χ0n) is 21.7. The predicted molar refractivity (Wildman–Crippen MR) is 159 cm³/mol. The van der Waals surface area contributed by atoms with Crippen LogP contribution in [0.2, 0.25) is 10.0 Å². The van der Waals surface area contributed by atoms with Crippen LogP contribution in [0, 0.1) is 0 Å². The summed E-state index contributed by atoms with van der Waals surface area (Å²) in [5.74, 6) is -0.693. The summed E-state index contributed by atoms with van der Waals surface area (Å²) in [5.41, 5.74) is -0.0399. The van der Waals surface area contributed by atoms with Gasteiger partial charge >= 0.3 is 6.18 Å². The van der Waals surface area contributed by atoms with Gasteiger partial charge in [0.2, 0.25) is 5.91 Å². The summed E-state index contributed by atoms with van der Waals surface area (Å²) in [4.78, 5) is 29.5. The molecule has 2 amide bonds. The topological polar surface area (TPSA) is 111 Å². The number of ether oxygens (including phenoxy) is 1. The Morgan fingerprint density at radius 1 is 1.00 bits per heavy atom. The fourth-order valence-corrected chi connectivity index (χ4v) is 5.88. The van der Waals surface area contributed by atoms with Crippen LogP contribution < -0.4 is 15.4 Å². The molecule has 0 aliphatic heterocycles. The van der Waals surface area contributed by atoms with E-state index in [4.69, 9.17) is 27.9 Å². The van der Waals surface area contributed by atoms with Gasteiger partial charge in [-0.1, -0.05) is 64.5 Å². The van der Waals surface area contributed by atoms with Crippen molar-refractivity contribution in [2.24, 2.45) is 0 Å². The number of fused-ring (bicyclic) bond motifs is 1. The zero-order valence-corrected chi connectivity index (χ0v) is 24.8. The van der Waals surface area contributed by atoms with E-state index >= 15 is 0 Å². The number of thiazole rings is 1. The Kier molecular flexibility index (Phi) is 9.40. The van der Waals surface area contributed by atoms with E-state index in [-0.39, 0.29) is 39.7 Å². The maximum atomic E-state index is 13.5. The molecule has 222 valence electrons. The second-order valence-corrected chi connectivity index (χ2v) is 11.6. The summed E-state index contributed by atoms with van der Waals surface area (Å²) in [6, 6.07) is 16.5. The molecule has 5 aromatic rings. The van der Waals surface area contributed by atoms with E-state index in [1.807, 2.05) is 24.3 Å². The Hall–Kier alpha value is -3.85. The molecule has 3 aromatic carbocycles. The molecule has 0 saturated carbocycles. The van der Waals surface area contributed by atoms with Crippen LogP contribution in [0.25, 0.3) is 15.9 Å². The largest absolute Gasteiger partial charge is 0.482 e. The van der Waals surface area contributed by atoms with Crippen LogP contribution >= 0.6 is 46.3 Å². The molecule has 2 aromatic heterocycles. The van der Waals surface area contributed by atoms with E-state index < -0.39 is 30.2 Å². The number of aromatic nitrogens is 4. The summed E-state index contributed by atoms with van der Waals surface area (Å²) in [6.07, 6.45) is -4.59. The first kappa shape index (κ1) is 30.6. The number of carbonyl (C=O) groups is 2. The van der Waals surface area contributed by atoms with Crippen LogP contribution in [0.3, 0.4) is 0 Å². The standard InChI is InChI=1S/C27H19Cl2F3N6O3S2/c28-16-8-9-20(18(29)11-16)41-13-23(39)33-12-22-36-37-26(38(22)17-5-3-4-15(10-17)27(30,31)32)42-14-24(40)35-25-34-19-6-1-2-7-21(19)43-25/h1-11H,12-14H2,(H,33,39)(H,34,35,40). The molecule has 0 saturated heterocycles. The third-order valence-electron chi connectivity index (χ3n) is 5.70. The third-order valence-corrected chi connectivity index (χ3v) is 8.11. The van der Waals surface area contributed by atoms with E-state index in [0.29, 0.717) is 10.2 Å². The summed E-state index contributed by atoms with van der Waals surface area (Å²) >= 11 is 14.2. The Morgan fingerprint density at radius 2 is 1.81 bits per heavy atom. The van der Waals surface area contributed by atoms with Gasteiger partial charge in [-0.05, 0) is 48.5 Å². The smallest absolute Gasteiger partial charge is 0.416 e. The minimum absolute atomic E-state index is 0.0994. The summed E-state index contributed by atoms with van der Waals surface area (Å²) in [7, 11) is 0. The number of benzene rings is 3. The van der Waals surface area contributed by atoms with Crippen molar-refractivity contribution in [3.8, 4) is 11.4 Å². The summed E-state index contributed by atoms with van der Waals surface area (Å²) in [6.45, 7) is -0.592. The van der Waals surface area contributed by atoms with Gasteiger partial charge in [-0.15, -0.1) is 10.2 Å². The van der Waals surface area contributed by atoms with Crippen LogP contribution in [-0.2, 0) is 22.3 Å². The van der Waals surface area contributed by atoms with Crippen molar-refractivity contribution in [2.75, 3.05) is 17.7 Å². The normalized spacial score (nSPS) is 11.5. The molecule has 2 N–H and O–H groups in total. The highest BCUT2D eigenvalue weighted by atomic mass is 35.5. The molecule has 43 heavy (non-hydrogen) atoms. The molecule has 0 bridgehead atoms. The highest BCUT2D eigenvalue weighted by Gasteiger charge is 2.31. The van der Waals surface area contributed by atoms with E-state index in [2.05, 4.69) is 25.8 Å². The lowest BCUT2D eigenvalue weighted by atomic mass is 10.2. The molecule has 0 radical (unpaired) electrons. The van der Waals surface area contributed by atoms with Crippen molar-refractivity contribution in [2.45, 2.75) is 17.9 Å². The molecule has 0 atom stereocenters. The molecule has 0 fully saturated rings. The van der Waals surface area contributed by atoms with Crippen molar-refractivity contribution in [1.29, 1.82) is 0 Å². The van der Waals surface area contributed by atoms with Crippen molar-refractivity contribution < 1.29 is 27.5 Å². The van der Waals surface area contributed by atoms with Crippen molar-refractivity contribution in [3.63, 3.8) is 0 Å². The average molecular weight is 668 g/mol. The molecule has 9 nitrogen and oxygen atoms in total. The zero-order chi connectivity index (χ0) is 30.6. The van der Waals surface area contributed by atoms with Crippen molar-refractivity contribution >= 4 is 73.5 Å². The second kappa shape index (κ2) is 13.2. The fourth-order valence-electron chi connectivity index (χ4n) is 3.76. The van der Waals surface area contributed by atoms with Gasteiger partial charge in [0, 0.05) is 5.02 Å². The predicted octanol–water partition coefficient (Wildman–Crippen LogP) is 6.63. The SMILES string of the molecule is O=C(COc1ccc(Cl)cc1Cl)NCc1nnc(SCC(=O)Nc2nc3ccccc3s2)n1-c1cccc(C(F)(F)F)c1. The lowest BCUT2D eigenvalue weighted by Gasteiger charge is -2.14. The first-order valence-corrected chi connectivity index (χ1v) is 14.9. The minimum atomic E-state index is -4.59. The lowest BCUT2D eigenvalue weighted by Crippen LogP contribution is -2.29. The summed E-state index contributed by atoms with van der Waals surface area (Å²) < 4.78 is 48.1. The first-order chi connectivity index (χ1) is 20.6. The van der Waals surface area contributed by atoms with Crippen molar-refractivity contribution in [3.05, 3.63) is 88.2 Å². The molecule has 0 spiro atoms. The molecule has 0 aliphatic carbocycles. The van der Waals surface area contributed by atoms with Crippen LogP contribution in [0.4, 0.5) is 18.3 Å². The summed E-state index contributed by atoms with van der Waals surface area (Å²) in [5, 5.41) is 14.7.